The van der Waals surface area contributed by atoms with Crippen molar-refractivity contribution >= 4 is 44.2 Å². The van der Waals surface area contributed by atoms with E-state index in [1.54, 1.807) is 13.8 Å². The topological polar surface area (TPSA) is 74.8 Å². The van der Waals surface area contributed by atoms with Crippen LogP contribution in [-0.2, 0) is 32.3 Å². The van der Waals surface area contributed by atoms with Gasteiger partial charge in [-0.25, -0.2) is 8.42 Å². The molecule has 0 saturated carbocycles. The molecule has 3 aromatic rings. The summed E-state index contributed by atoms with van der Waals surface area (Å²) >= 11 is 2.30. The van der Waals surface area contributed by atoms with E-state index in [0.29, 0.717) is 18.7 Å². The second-order valence-corrected chi connectivity index (χ2v) is 16.4. The molecule has 0 unspecified atom stereocenters. The van der Waals surface area contributed by atoms with Gasteiger partial charge in [0.05, 0.1) is 11.0 Å². The van der Waals surface area contributed by atoms with Crippen molar-refractivity contribution in [3.63, 3.8) is 0 Å². The molecule has 0 N–H and O–H groups in total. The minimum atomic E-state index is -2.99. The fraction of sp³-hybridized carbons (Fsp3) is 0.474. The Balaban J connectivity index is 0.000000302. The number of carbonyl (C=O) groups is 2. The predicted octanol–water partition coefficient (Wildman–Crippen LogP) is 7.93. The molecule has 2 aliphatic rings. The van der Waals surface area contributed by atoms with Gasteiger partial charge in [0.15, 0.2) is 9.84 Å². The molecule has 0 aromatic heterocycles. The molecule has 2 heterocycles. The van der Waals surface area contributed by atoms with Crippen molar-refractivity contribution < 1.29 is 18.0 Å². The van der Waals surface area contributed by atoms with E-state index >= 15 is 0 Å². The van der Waals surface area contributed by atoms with E-state index < -0.39 is 9.84 Å². The Kier molecular flexibility index (Phi) is 14.8. The van der Waals surface area contributed by atoms with E-state index in [1.165, 1.54) is 20.3 Å². The first-order valence-corrected chi connectivity index (χ1v) is 19.0. The number of sulfone groups is 1. The van der Waals surface area contributed by atoms with Crippen LogP contribution in [0.25, 0.3) is 11.1 Å². The number of hydrogen-bond donors (Lipinski definition) is 0. The van der Waals surface area contributed by atoms with Crippen molar-refractivity contribution in [2.75, 3.05) is 31.9 Å². The van der Waals surface area contributed by atoms with Gasteiger partial charge in [-0.05, 0) is 114 Å². The molecule has 0 bridgehead atoms. The second kappa shape index (κ2) is 18.0. The highest BCUT2D eigenvalue weighted by Gasteiger charge is 2.20. The van der Waals surface area contributed by atoms with E-state index in [2.05, 4.69) is 102 Å². The van der Waals surface area contributed by atoms with Crippen molar-refractivity contribution in [3.8, 4) is 11.1 Å². The van der Waals surface area contributed by atoms with Crippen LogP contribution in [0.1, 0.15) is 82.9 Å². The highest BCUT2D eigenvalue weighted by Crippen LogP contribution is 2.26. The zero-order valence-corrected chi connectivity index (χ0v) is 29.9. The molecule has 0 radical (unpaired) electrons. The van der Waals surface area contributed by atoms with Gasteiger partial charge in [-0.3, -0.25) is 9.59 Å². The minimum absolute atomic E-state index is 0. The van der Waals surface area contributed by atoms with Gasteiger partial charge in [-0.1, -0.05) is 75.0 Å². The maximum absolute atomic E-state index is 12.1. The molecule has 2 aliphatic heterocycles. The highest BCUT2D eigenvalue weighted by atomic mass is 127. The fourth-order valence-corrected chi connectivity index (χ4v) is 7.18. The first kappa shape index (κ1) is 37.7. The Morgan fingerprint density at radius 2 is 1.13 bits per heavy atom. The van der Waals surface area contributed by atoms with Gasteiger partial charge in [0.25, 0.3) is 0 Å². The van der Waals surface area contributed by atoms with Gasteiger partial charge in [0.1, 0.15) is 0 Å². The van der Waals surface area contributed by atoms with Crippen LogP contribution in [-0.4, -0.2) is 67.2 Å². The highest BCUT2D eigenvalue weighted by molar-refractivity contribution is 14.1. The first-order chi connectivity index (χ1) is 21.5. The summed E-state index contributed by atoms with van der Waals surface area (Å²) in [4.78, 5) is 27.0. The van der Waals surface area contributed by atoms with E-state index in [9.17, 15) is 18.0 Å². The van der Waals surface area contributed by atoms with Crippen molar-refractivity contribution in [1.29, 1.82) is 0 Å². The Labute approximate surface area is 291 Å². The molecule has 2 amide bonds. The van der Waals surface area contributed by atoms with Crippen LogP contribution in [0.15, 0.2) is 72.8 Å². The lowest BCUT2D eigenvalue weighted by molar-refractivity contribution is -0.128. The third kappa shape index (κ3) is 11.2. The number of carbonyl (C=O) groups excluding carboxylic acids is 2. The minimum Gasteiger partial charge on any atom is -0.342 e. The number of halogens is 1. The molecule has 0 aliphatic carbocycles. The van der Waals surface area contributed by atoms with Crippen LogP contribution in [0.5, 0.6) is 0 Å². The molecule has 0 spiro atoms. The molecule has 2 fully saturated rings. The summed E-state index contributed by atoms with van der Waals surface area (Å²) in [6.45, 7) is 9.09. The second-order valence-electron chi connectivity index (χ2n) is 12.5. The predicted molar refractivity (Wildman–Crippen MR) is 199 cm³/mol. The normalized spacial score (nSPS) is 15.5. The average Bonchev–Trinajstić information content (AvgIpc) is 3.65. The van der Waals surface area contributed by atoms with Crippen LogP contribution in [0, 0.1) is 3.57 Å². The molecule has 2 saturated heterocycles. The van der Waals surface area contributed by atoms with Crippen molar-refractivity contribution in [2.24, 2.45) is 0 Å². The molecular formula is C38H51IN2O4S. The van der Waals surface area contributed by atoms with Crippen molar-refractivity contribution in [2.45, 2.75) is 84.3 Å². The van der Waals surface area contributed by atoms with Crippen LogP contribution in [0.2, 0.25) is 0 Å². The number of benzene rings is 3. The molecule has 250 valence electrons. The first-order valence-electron chi connectivity index (χ1n) is 16.2. The summed E-state index contributed by atoms with van der Waals surface area (Å²) in [6, 6.07) is 25.5. The van der Waals surface area contributed by atoms with Crippen LogP contribution in [0.3, 0.4) is 0 Å². The molecule has 3 aromatic carbocycles. The number of amides is 2. The summed E-state index contributed by atoms with van der Waals surface area (Å²) in [5.74, 6) is 1.05. The molecule has 5 rings (SSSR count). The van der Waals surface area contributed by atoms with Crippen molar-refractivity contribution in [3.05, 3.63) is 93.1 Å². The summed E-state index contributed by atoms with van der Waals surface area (Å²) in [5, 5.41) is -0.314. The number of likely N-dealkylation sites (tertiary alicyclic amines) is 2. The summed E-state index contributed by atoms with van der Waals surface area (Å²) in [6.07, 6.45) is 5.97. The Bertz CT molecular complexity index is 1500. The average molecular weight is 759 g/mol. The van der Waals surface area contributed by atoms with E-state index in [-0.39, 0.29) is 30.3 Å². The maximum atomic E-state index is 12.1. The zero-order valence-electron chi connectivity index (χ0n) is 26.9. The Morgan fingerprint density at radius 3 is 1.54 bits per heavy atom. The molecule has 46 heavy (non-hydrogen) atoms. The van der Waals surface area contributed by atoms with Crippen molar-refractivity contribution in [1.82, 2.24) is 9.80 Å². The lowest BCUT2D eigenvalue weighted by Crippen LogP contribution is -2.26. The summed E-state index contributed by atoms with van der Waals surface area (Å²) in [7, 11) is -2.99. The quantitative estimate of drug-likeness (QED) is 0.176. The molecular weight excluding hydrogens is 707 g/mol. The number of hydrogen-bond acceptors (Lipinski definition) is 4. The zero-order chi connectivity index (χ0) is 32.4. The number of nitrogens with zero attached hydrogens (tertiary/aromatic N) is 2. The van der Waals surface area contributed by atoms with E-state index in [0.717, 1.165) is 69.4 Å². The van der Waals surface area contributed by atoms with Crippen LogP contribution in [0.4, 0.5) is 0 Å². The molecule has 1 atom stereocenters. The van der Waals surface area contributed by atoms with Gasteiger partial charge in [0.2, 0.25) is 11.8 Å². The lowest BCUT2D eigenvalue weighted by atomic mass is 9.95. The lowest BCUT2D eigenvalue weighted by Gasteiger charge is -2.15. The van der Waals surface area contributed by atoms with Crippen LogP contribution < -0.4 is 0 Å². The number of rotatable bonds is 12. The van der Waals surface area contributed by atoms with Gasteiger partial charge in [0, 0.05) is 42.6 Å². The standard InChI is InChI=1S/C25H33NO3S.C12H14INO.CH4/c1-19(2)30(28,29)18-15-20(3)22-10-12-24(13-11-22)23-8-6-21(7-9-23)14-17-26-16-4-5-25(26)27;13-11-5-3-10(4-6-11)7-9-14-8-1-2-12(14)15;/h6-13,19-20H,4-5,14-18H2,1-3H3;3-6H,1-2,7-9H2;1H4/t20-;;/m0../s1. The maximum Gasteiger partial charge on any atom is 0.222 e. The SMILES string of the molecule is C.CC(C)S(=O)(=O)CC[C@H](C)c1ccc(-c2ccc(CCN3CCCC3=O)cc2)cc1.O=C1CCCN1CCc1ccc(I)cc1. The largest absolute Gasteiger partial charge is 0.342 e. The van der Waals surface area contributed by atoms with E-state index in [1.807, 2.05) is 9.80 Å². The van der Waals surface area contributed by atoms with Crippen LogP contribution >= 0.6 is 22.6 Å². The fourth-order valence-electron chi connectivity index (χ4n) is 5.67. The Hall–Kier alpha value is -2.72. The van der Waals surface area contributed by atoms with Gasteiger partial charge >= 0.3 is 0 Å². The summed E-state index contributed by atoms with van der Waals surface area (Å²) in [5.41, 5.74) is 6.05. The Morgan fingerprint density at radius 1 is 0.696 bits per heavy atom. The van der Waals surface area contributed by atoms with E-state index in [4.69, 9.17) is 0 Å². The monoisotopic (exact) mass is 758 g/mol. The summed E-state index contributed by atoms with van der Waals surface area (Å²) < 4.78 is 25.4. The smallest absolute Gasteiger partial charge is 0.222 e. The van der Waals surface area contributed by atoms with Gasteiger partial charge in [-0.2, -0.15) is 0 Å². The third-order valence-corrected chi connectivity index (χ3v) is 11.9. The molecule has 8 heteroatoms. The van der Waals surface area contributed by atoms with Gasteiger partial charge < -0.3 is 9.80 Å². The third-order valence-electron chi connectivity index (χ3n) is 8.92. The molecule has 6 nitrogen and oxygen atoms in total. The van der Waals surface area contributed by atoms with Gasteiger partial charge in [-0.15, -0.1) is 0 Å².